The normalized spacial score (nSPS) is 12.6. The van der Waals surface area contributed by atoms with E-state index in [0.29, 0.717) is 0 Å². The molecule has 2 aromatic rings. The van der Waals surface area contributed by atoms with Crippen LogP contribution < -0.4 is 5.32 Å². The van der Waals surface area contributed by atoms with E-state index in [1.807, 2.05) is 23.0 Å². The largest absolute Gasteiger partial charge is 0.305 e. The minimum Gasteiger partial charge on any atom is -0.305 e. The van der Waals surface area contributed by atoms with Crippen LogP contribution in [0.1, 0.15) is 31.1 Å². The summed E-state index contributed by atoms with van der Waals surface area (Å²) in [7, 11) is 0. The van der Waals surface area contributed by atoms with Crippen molar-refractivity contribution in [2.75, 3.05) is 6.54 Å². The quantitative estimate of drug-likeness (QED) is 0.889. The summed E-state index contributed by atoms with van der Waals surface area (Å²) in [6, 6.07) is 8.20. The third kappa shape index (κ3) is 3.19. The van der Waals surface area contributed by atoms with E-state index in [2.05, 4.69) is 52.3 Å². The van der Waals surface area contributed by atoms with Crippen LogP contribution >= 0.6 is 27.5 Å². The maximum atomic E-state index is 6.06. The Labute approximate surface area is 127 Å². The molecule has 5 heteroatoms. The first-order valence-corrected chi connectivity index (χ1v) is 7.54. The molecule has 1 atom stereocenters. The van der Waals surface area contributed by atoms with Gasteiger partial charge < -0.3 is 5.32 Å². The smallest absolute Gasteiger partial charge is 0.0748 e. The van der Waals surface area contributed by atoms with Gasteiger partial charge >= 0.3 is 0 Å². The second-order valence-corrected chi connectivity index (χ2v) is 5.50. The number of hydrogen-bond donors (Lipinski definition) is 1. The van der Waals surface area contributed by atoms with Gasteiger partial charge in [-0.25, -0.2) is 0 Å². The van der Waals surface area contributed by atoms with Crippen LogP contribution in [0.2, 0.25) is 5.02 Å². The number of rotatable bonds is 5. The molecule has 0 saturated carbocycles. The van der Waals surface area contributed by atoms with Crippen molar-refractivity contribution in [2.45, 2.75) is 26.4 Å². The molecule has 0 fully saturated rings. The molecule has 102 valence electrons. The van der Waals surface area contributed by atoms with Crippen LogP contribution in [-0.4, -0.2) is 16.3 Å². The van der Waals surface area contributed by atoms with Crippen LogP contribution in [0, 0.1) is 0 Å². The second kappa shape index (κ2) is 6.55. The van der Waals surface area contributed by atoms with Gasteiger partial charge in [0.05, 0.1) is 16.8 Å². The molecule has 1 N–H and O–H groups in total. The fourth-order valence-corrected chi connectivity index (χ4v) is 2.66. The topological polar surface area (TPSA) is 29.9 Å². The molecule has 3 nitrogen and oxygen atoms in total. The van der Waals surface area contributed by atoms with E-state index in [-0.39, 0.29) is 6.04 Å². The van der Waals surface area contributed by atoms with Crippen LogP contribution in [0.25, 0.3) is 0 Å². The van der Waals surface area contributed by atoms with E-state index in [4.69, 9.17) is 11.6 Å². The summed E-state index contributed by atoms with van der Waals surface area (Å²) in [6.07, 6.45) is 1.84. The van der Waals surface area contributed by atoms with Gasteiger partial charge in [0.2, 0.25) is 0 Å². The number of benzene rings is 1. The van der Waals surface area contributed by atoms with E-state index >= 15 is 0 Å². The lowest BCUT2D eigenvalue weighted by Crippen LogP contribution is -2.24. The van der Waals surface area contributed by atoms with Crippen LogP contribution in [0.15, 0.2) is 34.9 Å². The minimum absolute atomic E-state index is 0.126. The lowest BCUT2D eigenvalue weighted by atomic mass is 10.0. The molecule has 19 heavy (non-hydrogen) atoms. The lowest BCUT2D eigenvalue weighted by molar-refractivity contribution is 0.542. The van der Waals surface area contributed by atoms with E-state index < -0.39 is 0 Å². The third-order valence-electron chi connectivity index (χ3n) is 3.03. The number of aromatic nitrogens is 2. The molecule has 0 bridgehead atoms. The van der Waals surface area contributed by atoms with Gasteiger partial charge in [0.1, 0.15) is 0 Å². The third-order valence-corrected chi connectivity index (χ3v) is 4.24. The maximum Gasteiger partial charge on any atom is 0.0748 e. The Morgan fingerprint density at radius 1 is 1.37 bits per heavy atom. The summed E-state index contributed by atoms with van der Waals surface area (Å²) >= 11 is 9.54. The molecule has 1 unspecified atom stereocenters. The summed E-state index contributed by atoms with van der Waals surface area (Å²) < 4.78 is 2.92. The SMILES string of the molecule is CCNC(c1ccc(Cl)c(Br)c1)c1ccnn1CC. The Balaban J connectivity index is 2.42. The highest BCUT2D eigenvalue weighted by Crippen LogP contribution is 2.29. The molecular formula is C14H17BrClN3. The fourth-order valence-electron chi connectivity index (χ4n) is 2.14. The monoisotopic (exact) mass is 341 g/mol. The number of hydrogen-bond acceptors (Lipinski definition) is 2. The van der Waals surface area contributed by atoms with Gasteiger partial charge in [-0.3, -0.25) is 4.68 Å². The van der Waals surface area contributed by atoms with Gasteiger partial charge in [-0.1, -0.05) is 24.6 Å². The molecule has 0 spiro atoms. The molecular weight excluding hydrogens is 326 g/mol. The molecule has 1 heterocycles. The molecule has 2 rings (SSSR count). The second-order valence-electron chi connectivity index (χ2n) is 4.24. The summed E-state index contributed by atoms with van der Waals surface area (Å²) in [6.45, 7) is 5.95. The molecule has 0 radical (unpaired) electrons. The van der Waals surface area contributed by atoms with Gasteiger partial charge in [-0.2, -0.15) is 5.10 Å². The highest BCUT2D eigenvalue weighted by atomic mass is 79.9. The van der Waals surface area contributed by atoms with Gasteiger partial charge in [0.15, 0.2) is 0 Å². The van der Waals surface area contributed by atoms with Gasteiger partial charge in [-0.15, -0.1) is 0 Å². The van der Waals surface area contributed by atoms with Crippen LogP contribution in [0.4, 0.5) is 0 Å². The van der Waals surface area contributed by atoms with Crippen LogP contribution in [0.3, 0.4) is 0 Å². The van der Waals surface area contributed by atoms with Gasteiger partial charge in [-0.05, 0) is 53.2 Å². The Hall–Kier alpha value is -0.840. The number of halogens is 2. The van der Waals surface area contributed by atoms with Crippen molar-refractivity contribution in [1.82, 2.24) is 15.1 Å². The number of nitrogens with zero attached hydrogens (tertiary/aromatic N) is 2. The van der Waals surface area contributed by atoms with Gasteiger partial charge in [0, 0.05) is 17.2 Å². The molecule has 1 aromatic heterocycles. The van der Waals surface area contributed by atoms with Crippen molar-refractivity contribution >= 4 is 27.5 Å². The molecule has 0 aliphatic rings. The molecule has 0 aliphatic carbocycles. The van der Waals surface area contributed by atoms with E-state index in [0.717, 1.165) is 22.6 Å². The first-order chi connectivity index (χ1) is 9.17. The molecule has 1 aromatic carbocycles. The number of aryl methyl sites for hydroxylation is 1. The summed E-state index contributed by atoms with van der Waals surface area (Å²) in [5.74, 6) is 0. The predicted molar refractivity (Wildman–Crippen MR) is 82.6 cm³/mol. The summed E-state index contributed by atoms with van der Waals surface area (Å²) in [5.41, 5.74) is 2.34. The Bertz CT molecular complexity index is 553. The van der Waals surface area contributed by atoms with Crippen LogP contribution in [0.5, 0.6) is 0 Å². The van der Waals surface area contributed by atoms with Crippen molar-refractivity contribution in [3.05, 3.63) is 51.2 Å². The number of nitrogens with one attached hydrogen (secondary N) is 1. The molecule has 0 amide bonds. The minimum atomic E-state index is 0.126. The standard InChI is InChI=1S/C14H17BrClN3/c1-3-17-14(13-7-8-18-19(13)4-2)10-5-6-12(16)11(15)9-10/h5-9,14,17H,3-4H2,1-2H3. The highest BCUT2D eigenvalue weighted by Gasteiger charge is 2.17. The van der Waals surface area contributed by atoms with E-state index in [9.17, 15) is 0 Å². The zero-order chi connectivity index (χ0) is 13.8. The maximum absolute atomic E-state index is 6.06. The average molecular weight is 343 g/mol. The van der Waals surface area contributed by atoms with Crippen molar-refractivity contribution in [3.8, 4) is 0 Å². The summed E-state index contributed by atoms with van der Waals surface area (Å²) in [5, 5.41) is 8.57. The van der Waals surface area contributed by atoms with Crippen LogP contribution in [-0.2, 0) is 6.54 Å². The average Bonchev–Trinajstić information content (AvgIpc) is 2.87. The first-order valence-electron chi connectivity index (χ1n) is 6.37. The van der Waals surface area contributed by atoms with E-state index in [1.54, 1.807) is 0 Å². The predicted octanol–water partition coefficient (Wildman–Crippen LogP) is 4.02. The Morgan fingerprint density at radius 2 is 2.16 bits per heavy atom. The van der Waals surface area contributed by atoms with Crippen molar-refractivity contribution in [1.29, 1.82) is 0 Å². The Kier molecular flexibility index (Phi) is 5.02. The summed E-state index contributed by atoms with van der Waals surface area (Å²) in [4.78, 5) is 0. The lowest BCUT2D eigenvalue weighted by Gasteiger charge is -2.20. The zero-order valence-electron chi connectivity index (χ0n) is 11.0. The fraction of sp³-hybridized carbons (Fsp3) is 0.357. The Morgan fingerprint density at radius 3 is 2.79 bits per heavy atom. The molecule has 0 saturated heterocycles. The van der Waals surface area contributed by atoms with Crippen molar-refractivity contribution < 1.29 is 0 Å². The van der Waals surface area contributed by atoms with Gasteiger partial charge in [0.25, 0.3) is 0 Å². The van der Waals surface area contributed by atoms with E-state index in [1.165, 1.54) is 11.3 Å². The van der Waals surface area contributed by atoms with Crippen molar-refractivity contribution in [2.24, 2.45) is 0 Å². The van der Waals surface area contributed by atoms with Crippen molar-refractivity contribution in [3.63, 3.8) is 0 Å². The first kappa shape index (κ1) is 14.6. The molecule has 0 aliphatic heterocycles. The zero-order valence-corrected chi connectivity index (χ0v) is 13.4. The highest BCUT2D eigenvalue weighted by molar-refractivity contribution is 9.10.